The first-order valence-electron chi connectivity index (χ1n) is 7.19. The Bertz CT molecular complexity index is 396. The lowest BCUT2D eigenvalue weighted by molar-refractivity contribution is 0.0255. The van der Waals surface area contributed by atoms with Gasteiger partial charge < -0.3 is 15.2 Å². The number of rotatable bonds is 9. The average Bonchev–Trinajstić information content (AvgIpc) is 2.39. The zero-order valence-corrected chi connectivity index (χ0v) is 13.4. The summed E-state index contributed by atoms with van der Waals surface area (Å²) in [6.07, 6.45) is 1.70. The van der Waals surface area contributed by atoms with Gasteiger partial charge in [0.05, 0.1) is 19.3 Å². The Hall–Kier alpha value is -0.610. The van der Waals surface area contributed by atoms with Crippen LogP contribution >= 0.6 is 11.6 Å². The van der Waals surface area contributed by atoms with Gasteiger partial charge >= 0.3 is 0 Å². The van der Waals surface area contributed by atoms with Crippen molar-refractivity contribution in [1.82, 2.24) is 5.32 Å². The SMILES string of the molecule is CCCC(C)(C)NCC(O)COCc1ccccc1Cl. The predicted octanol–water partition coefficient (Wildman–Crippen LogP) is 3.39. The topological polar surface area (TPSA) is 41.5 Å². The third-order valence-corrected chi connectivity index (χ3v) is 3.59. The summed E-state index contributed by atoms with van der Waals surface area (Å²) in [5, 5.41) is 14.0. The molecule has 1 aromatic carbocycles. The molecule has 0 radical (unpaired) electrons. The van der Waals surface area contributed by atoms with E-state index in [-0.39, 0.29) is 5.54 Å². The summed E-state index contributed by atoms with van der Waals surface area (Å²) in [6.45, 7) is 7.72. The van der Waals surface area contributed by atoms with Gasteiger partial charge in [-0.25, -0.2) is 0 Å². The van der Waals surface area contributed by atoms with Crippen LogP contribution in [0.25, 0.3) is 0 Å². The van der Waals surface area contributed by atoms with Crippen LogP contribution in [0.15, 0.2) is 24.3 Å². The first-order chi connectivity index (χ1) is 9.44. The highest BCUT2D eigenvalue weighted by Crippen LogP contribution is 2.15. The number of aliphatic hydroxyl groups is 1. The molecule has 3 nitrogen and oxygen atoms in total. The van der Waals surface area contributed by atoms with E-state index in [1.807, 2.05) is 24.3 Å². The van der Waals surface area contributed by atoms with Crippen molar-refractivity contribution in [2.24, 2.45) is 0 Å². The number of benzene rings is 1. The van der Waals surface area contributed by atoms with E-state index < -0.39 is 6.10 Å². The summed E-state index contributed by atoms with van der Waals surface area (Å²) in [5.41, 5.74) is 0.999. The first kappa shape index (κ1) is 17.4. The molecule has 0 aliphatic rings. The first-order valence-corrected chi connectivity index (χ1v) is 7.56. The van der Waals surface area contributed by atoms with Gasteiger partial charge in [-0.3, -0.25) is 0 Å². The fraction of sp³-hybridized carbons (Fsp3) is 0.625. The molecule has 0 fully saturated rings. The minimum atomic E-state index is -0.506. The fourth-order valence-corrected chi connectivity index (χ4v) is 2.28. The molecule has 1 aromatic rings. The van der Waals surface area contributed by atoms with Gasteiger partial charge in [0.25, 0.3) is 0 Å². The van der Waals surface area contributed by atoms with Crippen molar-refractivity contribution in [3.05, 3.63) is 34.9 Å². The Morgan fingerprint density at radius 3 is 2.70 bits per heavy atom. The second-order valence-corrected chi connectivity index (χ2v) is 6.18. The number of aliphatic hydroxyl groups excluding tert-OH is 1. The molecule has 0 aromatic heterocycles. The molecule has 114 valence electrons. The molecule has 0 saturated carbocycles. The van der Waals surface area contributed by atoms with Gasteiger partial charge in [0.2, 0.25) is 0 Å². The number of nitrogens with one attached hydrogen (secondary N) is 1. The van der Waals surface area contributed by atoms with E-state index in [2.05, 4.69) is 26.1 Å². The largest absolute Gasteiger partial charge is 0.389 e. The van der Waals surface area contributed by atoms with E-state index in [4.69, 9.17) is 16.3 Å². The second-order valence-electron chi connectivity index (χ2n) is 5.78. The van der Waals surface area contributed by atoms with Crippen LogP contribution < -0.4 is 5.32 Å². The molecular formula is C16H26ClNO2. The van der Waals surface area contributed by atoms with Crippen molar-refractivity contribution in [2.75, 3.05) is 13.2 Å². The highest BCUT2D eigenvalue weighted by atomic mass is 35.5. The lowest BCUT2D eigenvalue weighted by Crippen LogP contribution is -2.44. The quantitative estimate of drug-likeness (QED) is 0.734. The van der Waals surface area contributed by atoms with Crippen LogP contribution in [-0.2, 0) is 11.3 Å². The molecule has 0 bridgehead atoms. The van der Waals surface area contributed by atoms with E-state index in [0.717, 1.165) is 18.4 Å². The van der Waals surface area contributed by atoms with E-state index in [1.165, 1.54) is 0 Å². The normalized spacial score (nSPS) is 13.4. The number of β-amino-alcohol motifs (C(OH)–C–C–N with tert-alkyl or cyclic N) is 1. The maximum atomic E-state index is 9.91. The smallest absolute Gasteiger partial charge is 0.0898 e. The molecule has 1 unspecified atom stereocenters. The monoisotopic (exact) mass is 299 g/mol. The number of ether oxygens (including phenoxy) is 1. The van der Waals surface area contributed by atoms with Gasteiger partial charge in [-0.1, -0.05) is 43.1 Å². The van der Waals surface area contributed by atoms with Gasteiger partial charge in [0, 0.05) is 17.1 Å². The van der Waals surface area contributed by atoms with E-state index >= 15 is 0 Å². The summed E-state index contributed by atoms with van der Waals surface area (Å²) in [6, 6.07) is 7.58. The minimum Gasteiger partial charge on any atom is -0.389 e. The fourth-order valence-electron chi connectivity index (χ4n) is 2.09. The highest BCUT2D eigenvalue weighted by Gasteiger charge is 2.17. The molecule has 2 N–H and O–H groups in total. The zero-order valence-electron chi connectivity index (χ0n) is 12.7. The van der Waals surface area contributed by atoms with Crippen molar-refractivity contribution in [2.45, 2.75) is 51.9 Å². The van der Waals surface area contributed by atoms with Crippen LogP contribution in [0.5, 0.6) is 0 Å². The lowest BCUT2D eigenvalue weighted by Gasteiger charge is -2.27. The summed E-state index contributed by atoms with van der Waals surface area (Å²) in [7, 11) is 0. The van der Waals surface area contributed by atoms with Gasteiger partial charge in [-0.05, 0) is 31.9 Å². The maximum absolute atomic E-state index is 9.91. The molecular weight excluding hydrogens is 274 g/mol. The van der Waals surface area contributed by atoms with Crippen molar-refractivity contribution in [3.8, 4) is 0 Å². The van der Waals surface area contributed by atoms with Crippen LogP contribution in [0.2, 0.25) is 5.02 Å². The number of hydrogen-bond donors (Lipinski definition) is 2. The zero-order chi connectivity index (χ0) is 15.0. The van der Waals surface area contributed by atoms with Crippen molar-refractivity contribution >= 4 is 11.6 Å². The van der Waals surface area contributed by atoms with Crippen LogP contribution in [-0.4, -0.2) is 29.9 Å². The van der Waals surface area contributed by atoms with Crippen molar-refractivity contribution in [1.29, 1.82) is 0 Å². The Balaban J connectivity index is 2.24. The molecule has 0 aliphatic heterocycles. The van der Waals surface area contributed by atoms with Gasteiger partial charge in [-0.15, -0.1) is 0 Å². The Kier molecular flexibility index (Phi) is 7.52. The standard InChI is InChI=1S/C16H26ClNO2/c1-4-9-16(2,3)18-10-14(19)12-20-11-13-7-5-6-8-15(13)17/h5-8,14,18-19H,4,9-12H2,1-3H3. The van der Waals surface area contributed by atoms with Crippen molar-refractivity contribution < 1.29 is 9.84 Å². The summed E-state index contributed by atoms with van der Waals surface area (Å²) >= 11 is 6.04. The molecule has 20 heavy (non-hydrogen) atoms. The summed E-state index contributed by atoms with van der Waals surface area (Å²) in [4.78, 5) is 0. The van der Waals surface area contributed by atoms with Gasteiger partial charge in [0.1, 0.15) is 0 Å². The second kappa shape index (κ2) is 8.63. The van der Waals surface area contributed by atoms with E-state index in [1.54, 1.807) is 0 Å². The molecule has 4 heteroatoms. The lowest BCUT2D eigenvalue weighted by atomic mass is 9.99. The molecule has 0 aliphatic carbocycles. The molecule has 0 spiro atoms. The molecule has 0 heterocycles. The molecule has 0 saturated heterocycles. The number of halogens is 1. The van der Waals surface area contributed by atoms with Crippen LogP contribution in [0.1, 0.15) is 39.2 Å². The predicted molar refractivity (Wildman–Crippen MR) is 84.1 cm³/mol. The number of hydrogen-bond acceptors (Lipinski definition) is 3. The van der Waals surface area contributed by atoms with Gasteiger partial charge in [-0.2, -0.15) is 0 Å². The van der Waals surface area contributed by atoms with Crippen LogP contribution in [0, 0.1) is 0 Å². The van der Waals surface area contributed by atoms with E-state index in [0.29, 0.717) is 24.8 Å². The highest BCUT2D eigenvalue weighted by molar-refractivity contribution is 6.31. The molecule has 1 rings (SSSR count). The maximum Gasteiger partial charge on any atom is 0.0898 e. The van der Waals surface area contributed by atoms with E-state index in [9.17, 15) is 5.11 Å². The Morgan fingerprint density at radius 2 is 2.05 bits per heavy atom. The Labute approximate surface area is 127 Å². The molecule has 0 amide bonds. The minimum absolute atomic E-state index is 0.0540. The van der Waals surface area contributed by atoms with Crippen LogP contribution in [0.4, 0.5) is 0 Å². The van der Waals surface area contributed by atoms with Crippen molar-refractivity contribution in [3.63, 3.8) is 0 Å². The third kappa shape index (κ3) is 6.71. The van der Waals surface area contributed by atoms with Crippen LogP contribution in [0.3, 0.4) is 0 Å². The van der Waals surface area contributed by atoms with Gasteiger partial charge in [0.15, 0.2) is 0 Å². The summed E-state index contributed by atoms with van der Waals surface area (Å²) in [5.74, 6) is 0. The summed E-state index contributed by atoms with van der Waals surface area (Å²) < 4.78 is 5.51. The molecule has 1 atom stereocenters. The Morgan fingerprint density at radius 1 is 1.35 bits per heavy atom. The third-order valence-electron chi connectivity index (χ3n) is 3.22. The average molecular weight is 300 g/mol.